The molecular formula is C14H23N3O3S. The van der Waals surface area contributed by atoms with E-state index in [1.807, 2.05) is 20.8 Å². The molecule has 0 radical (unpaired) electrons. The molecule has 21 heavy (non-hydrogen) atoms. The van der Waals surface area contributed by atoms with Crippen molar-refractivity contribution in [3.63, 3.8) is 0 Å². The van der Waals surface area contributed by atoms with Crippen molar-refractivity contribution >= 4 is 15.9 Å². The summed E-state index contributed by atoms with van der Waals surface area (Å²) in [6.45, 7) is 7.10. The highest BCUT2D eigenvalue weighted by Crippen LogP contribution is 2.15. The summed E-state index contributed by atoms with van der Waals surface area (Å²) in [6, 6.07) is 5.58. The van der Waals surface area contributed by atoms with Crippen molar-refractivity contribution in [2.45, 2.75) is 50.7 Å². The smallest absolute Gasteiger partial charge is 0.241 e. The number of hydrogen-bond donors (Lipinski definition) is 3. The van der Waals surface area contributed by atoms with Crippen molar-refractivity contribution < 1.29 is 13.2 Å². The molecule has 0 aliphatic carbocycles. The summed E-state index contributed by atoms with van der Waals surface area (Å²) >= 11 is 0. The van der Waals surface area contributed by atoms with Crippen LogP contribution in [0.4, 0.5) is 0 Å². The molecule has 0 saturated heterocycles. The second-order valence-corrected chi connectivity index (χ2v) is 7.58. The topological polar surface area (TPSA) is 101 Å². The summed E-state index contributed by atoms with van der Waals surface area (Å²) in [6.07, 6.45) is 0. The summed E-state index contributed by atoms with van der Waals surface area (Å²) in [5, 5.41) is 2.73. The molecule has 4 N–H and O–H groups in total. The van der Waals surface area contributed by atoms with Crippen molar-refractivity contribution in [2.24, 2.45) is 5.73 Å². The van der Waals surface area contributed by atoms with Crippen LogP contribution in [0.15, 0.2) is 29.2 Å². The van der Waals surface area contributed by atoms with Crippen LogP contribution in [0.3, 0.4) is 0 Å². The Morgan fingerprint density at radius 3 is 2.38 bits per heavy atom. The van der Waals surface area contributed by atoms with E-state index < -0.39 is 21.6 Å². The van der Waals surface area contributed by atoms with E-state index >= 15 is 0 Å². The maximum absolute atomic E-state index is 12.3. The zero-order valence-electron chi connectivity index (χ0n) is 12.8. The number of nitrogens with one attached hydrogen (secondary N) is 2. The largest absolute Gasteiger partial charge is 0.350 e. The van der Waals surface area contributed by atoms with Gasteiger partial charge in [-0.25, -0.2) is 8.42 Å². The lowest BCUT2D eigenvalue weighted by Crippen LogP contribution is -2.50. The molecule has 118 valence electrons. The first-order valence-electron chi connectivity index (χ1n) is 6.69. The number of rotatable bonds is 5. The van der Waals surface area contributed by atoms with E-state index in [-0.39, 0.29) is 17.3 Å². The van der Waals surface area contributed by atoms with Gasteiger partial charge in [-0.15, -0.1) is 0 Å². The van der Waals surface area contributed by atoms with Crippen LogP contribution < -0.4 is 15.8 Å². The number of hydrogen-bond acceptors (Lipinski definition) is 4. The van der Waals surface area contributed by atoms with Crippen LogP contribution in [0.1, 0.15) is 33.3 Å². The maximum atomic E-state index is 12.3. The van der Waals surface area contributed by atoms with Crippen LogP contribution >= 0.6 is 0 Å². The fourth-order valence-electron chi connectivity index (χ4n) is 1.76. The van der Waals surface area contributed by atoms with Crippen molar-refractivity contribution in [3.05, 3.63) is 29.8 Å². The minimum atomic E-state index is -3.79. The minimum Gasteiger partial charge on any atom is -0.350 e. The van der Waals surface area contributed by atoms with Gasteiger partial charge in [0.15, 0.2) is 0 Å². The van der Waals surface area contributed by atoms with E-state index in [0.29, 0.717) is 5.56 Å². The van der Waals surface area contributed by atoms with Crippen LogP contribution in [0.5, 0.6) is 0 Å². The van der Waals surface area contributed by atoms with Gasteiger partial charge >= 0.3 is 0 Å². The Bertz CT molecular complexity index is 606. The quantitative estimate of drug-likeness (QED) is 0.745. The third-order valence-corrected chi connectivity index (χ3v) is 4.35. The molecule has 0 aliphatic rings. The lowest BCUT2D eigenvalue weighted by molar-refractivity contribution is -0.123. The molecule has 6 nitrogen and oxygen atoms in total. The fourth-order valence-corrected chi connectivity index (χ4v) is 3.22. The molecule has 1 rings (SSSR count). The van der Waals surface area contributed by atoms with E-state index in [1.165, 1.54) is 13.0 Å². The molecule has 1 unspecified atom stereocenters. The second kappa shape index (κ2) is 6.55. The Balaban J connectivity index is 2.93. The lowest BCUT2D eigenvalue weighted by atomic mass is 10.1. The van der Waals surface area contributed by atoms with Gasteiger partial charge in [-0.1, -0.05) is 18.2 Å². The molecule has 1 amide bonds. The molecule has 0 fully saturated rings. The molecule has 1 aromatic carbocycles. The van der Waals surface area contributed by atoms with E-state index in [9.17, 15) is 13.2 Å². The van der Waals surface area contributed by atoms with E-state index in [1.54, 1.807) is 18.2 Å². The summed E-state index contributed by atoms with van der Waals surface area (Å²) in [5.41, 5.74) is 5.63. The van der Waals surface area contributed by atoms with Gasteiger partial charge in [-0.05, 0) is 39.3 Å². The Morgan fingerprint density at radius 1 is 1.29 bits per heavy atom. The fraction of sp³-hybridized carbons (Fsp3) is 0.500. The van der Waals surface area contributed by atoms with Crippen LogP contribution in [0.25, 0.3) is 0 Å². The molecule has 0 spiro atoms. The predicted molar refractivity (Wildman–Crippen MR) is 82.0 cm³/mol. The molecular weight excluding hydrogens is 290 g/mol. The maximum Gasteiger partial charge on any atom is 0.241 e. The molecule has 7 heteroatoms. The van der Waals surface area contributed by atoms with Crippen molar-refractivity contribution in [1.82, 2.24) is 10.0 Å². The van der Waals surface area contributed by atoms with Gasteiger partial charge in [0.2, 0.25) is 15.9 Å². The summed E-state index contributed by atoms with van der Waals surface area (Å²) in [7, 11) is -3.79. The Hall–Kier alpha value is -1.44. The molecule has 1 aromatic rings. The first-order chi connectivity index (χ1) is 9.57. The summed E-state index contributed by atoms with van der Waals surface area (Å²) < 4.78 is 27.1. The van der Waals surface area contributed by atoms with Crippen LogP contribution in [-0.2, 0) is 21.4 Å². The number of carbonyl (C=O) groups excluding carboxylic acids is 1. The van der Waals surface area contributed by atoms with E-state index in [0.717, 1.165) is 0 Å². The molecule has 0 aromatic heterocycles. The van der Waals surface area contributed by atoms with Crippen LogP contribution in [-0.4, -0.2) is 25.9 Å². The standard InChI is InChI=1S/C14H23N3O3S/c1-10(13(18)16-14(2,3)4)17-21(19,20)12-8-6-5-7-11(12)9-15/h5-8,10,17H,9,15H2,1-4H3,(H,16,18). The highest BCUT2D eigenvalue weighted by molar-refractivity contribution is 7.89. The van der Waals surface area contributed by atoms with Crippen molar-refractivity contribution in [3.8, 4) is 0 Å². The average Bonchev–Trinajstić information content (AvgIpc) is 2.36. The Morgan fingerprint density at radius 2 is 1.86 bits per heavy atom. The zero-order chi connectivity index (χ0) is 16.3. The normalized spacial score (nSPS) is 13.8. The second-order valence-electron chi connectivity index (χ2n) is 5.89. The molecule has 1 atom stereocenters. The van der Waals surface area contributed by atoms with Gasteiger partial charge < -0.3 is 11.1 Å². The van der Waals surface area contributed by atoms with Crippen LogP contribution in [0.2, 0.25) is 0 Å². The number of amides is 1. The monoisotopic (exact) mass is 313 g/mol. The third-order valence-electron chi connectivity index (χ3n) is 2.71. The Labute approximate surface area is 126 Å². The van der Waals surface area contributed by atoms with Gasteiger partial charge in [-0.2, -0.15) is 4.72 Å². The van der Waals surface area contributed by atoms with Gasteiger partial charge in [0.25, 0.3) is 0 Å². The van der Waals surface area contributed by atoms with Gasteiger partial charge in [0.1, 0.15) is 0 Å². The SMILES string of the molecule is CC(NS(=O)(=O)c1ccccc1CN)C(=O)NC(C)(C)C. The summed E-state index contributed by atoms with van der Waals surface area (Å²) in [4.78, 5) is 12.1. The average molecular weight is 313 g/mol. The summed E-state index contributed by atoms with van der Waals surface area (Å²) in [5.74, 6) is -0.378. The highest BCUT2D eigenvalue weighted by atomic mass is 32.2. The number of benzene rings is 1. The van der Waals surface area contributed by atoms with Crippen molar-refractivity contribution in [2.75, 3.05) is 0 Å². The predicted octanol–water partition coefficient (Wildman–Crippen LogP) is 0.727. The van der Waals surface area contributed by atoms with Crippen molar-refractivity contribution in [1.29, 1.82) is 0 Å². The van der Waals surface area contributed by atoms with Gasteiger partial charge in [0, 0.05) is 12.1 Å². The van der Waals surface area contributed by atoms with Gasteiger partial charge in [-0.3, -0.25) is 4.79 Å². The molecule has 0 aliphatic heterocycles. The lowest BCUT2D eigenvalue weighted by Gasteiger charge is -2.23. The van der Waals surface area contributed by atoms with E-state index in [2.05, 4.69) is 10.0 Å². The Kier molecular flexibility index (Phi) is 5.49. The first-order valence-corrected chi connectivity index (χ1v) is 8.17. The zero-order valence-corrected chi connectivity index (χ0v) is 13.6. The van der Waals surface area contributed by atoms with Crippen LogP contribution in [0, 0.1) is 0 Å². The van der Waals surface area contributed by atoms with E-state index in [4.69, 9.17) is 5.73 Å². The molecule has 0 saturated carbocycles. The molecule has 0 bridgehead atoms. The number of sulfonamides is 1. The minimum absolute atomic E-state index is 0.0999. The first kappa shape index (κ1) is 17.6. The highest BCUT2D eigenvalue weighted by Gasteiger charge is 2.25. The number of carbonyl (C=O) groups is 1. The third kappa shape index (κ3) is 5.11. The number of nitrogens with two attached hydrogens (primary N) is 1. The van der Waals surface area contributed by atoms with Gasteiger partial charge in [0.05, 0.1) is 10.9 Å². The molecule has 0 heterocycles.